The first-order chi connectivity index (χ1) is 10.1. The number of nitriles is 2. The maximum absolute atomic E-state index is 9.06. The number of rotatable bonds is 4. The predicted molar refractivity (Wildman–Crippen MR) is 104 cm³/mol. The maximum atomic E-state index is 9.06. The quantitative estimate of drug-likeness (QED) is 0.692. The fraction of sp³-hybridized carbons (Fsp3) is 0.375. The van der Waals surface area contributed by atoms with Crippen molar-refractivity contribution in [3.05, 3.63) is 35.4 Å². The first-order valence-corrected chi connectivity index (χ1v) is 8.94. The average Bonchev–Trinajstić information content (AvgIpc) is 2.46. The van der Waals surface area contributed by atoms with E-state index in [2.05, 4.69) is 12.1 Å². The lowest BCUT2D eigenvalue weighted by Gasteiger charge is -2.16. The van der Waals surface area contributed by atoms with Crippen LogP contribution >= 0.6 is 48.0 Å². The van der Waals surface area contributed by atoms with Crippen LogP contribution in [0.5, 0.6) is 0 Å². The van der Waals surface area contributed by atoms with Crippen molar-refractivity contribution < 1.29 is 0 Å². The Labute approximate surface area is 151 Å². The van der Waals surface area contributed by atoms with Gasteiger partial charge in [-0.3, -0.25) is 0 Å². The van der Waals surface area contributed by atoms with Gasteiger partial charge in [-0.25, -0.2) is 0 Å². The predicted octanol–water partition coefficient (Wildman–Crippen LogP) is 5.11. The van der Waals surface area contributed by atoms with Crippen molar-refractivity contribution in [3.63, 3.8) is 0 Å². The van der Waals surface area contributed by atoms with E-state index in [-0.39, 0.29) is 0 Å². The summed E-state index contributed by atoms with van der Waals surface area (Å²) >= 11 is 13.5. The molecule has 0 saturated heterocycles. The van der Waals surface area contributed by atoms with Crippen LogP contribution in [0.4, 0.5) is 0 Å². The molecule has 0 aliphatic carbocycles. The monoisotopic (exact) mass is 364 g/mol. The summed E-state index contributed by atoms with van der Waals surface area (Å²) < 4.78 is 0.290. The lowest BCUT2D eigenvalue weighted by molar-refractivity contribution is 0.921. The van der Waals surface area contributed by atoms with Gasteiger partial charge in [0.15, 0.2) is 0 Å². The molecule has 0 atom stereocenters. The van der Waals surface area contributed by atoms with Gasteiger partial charge in [-0.1, -0.05) is 72.2 Å². The molecule has 1 aromatic rings. The number of hydrogen-bond acceptors (Lipinski definition) is 6. The first kappa shape index (κ1) is 19.1. The van der Waals surface area contributed by atoms with Crippen molar-refractivity contribution in [2.45, 2.75) is 37.2 Å². The molecule has 0 N–H and O–H groups in total. The van der Waals surface area contributed by atoms with Crippen LogP contribution in [0.1, 0.15) is 38.8 Å². The highest BCUT2D eigenvalue weighted by Crippen LogP contribution is 2.30. The molecule has 1 aromatic carbocycles. The Kier molecular flexibility index (Phi) is 6.58. The van der Waals surface area contributed by atoms with Gasteiger partial charge >= 0.3 is 0 Å². The van der Waals surface area contributed by atoms with Crippen molar-refractivity contribution in [3.8, 4) is 12.1 Å². The molecular weight excluding hydrogens is 348 g/mol. The van der Waals surface area contributed by atoms with Crippen LogP contribution in [0.15, 0.2) is 24.3 Å². The van der Waals surface area contributed by atoms with Crippen molar-refractivity contribution in [2.75, 3.05) is 0 Å². The van der Waals surface area contributed by atoms with Crippen molar-refractivity contribution in [1.82, 2.24) is 0 Å². The van der Waals surface area contributed by atoms with E-state index in [0.717, 1.165) is 11.1 Å². The maximum Gasteiger partial charge on any atom is 0.102 e. The third-order valence-corrected chi connectivity index (χ3v) is 5.61. The first-order valence-electron chi connectivity index (χ1n) is 6.49. The summed E-state index contributed by atoms with van der Waals surface area (Å²) in [5.41, 5.74) is 1.80. The van der Waals surface area contributed by atoms with Gasteiger partial charge < -0.3 is 0 Å². The number of nitrogens with zero attached hydrogens (tertiary/aromatic N) is 2. The molecule has 0 amide bonds. The van der Waals surface area contributed by atoms with Crippen molar-refractivity contribution in [2.24, 2.45) is 0 Å². The van der Waals surface area contributed by atoms with E-state index >= 15 is 0 Å². The molecule has 0 saturated carbocycles. The Balaban J connectivity index is 2.84. The third kappa shape index (κ3) is 5.70. The van der Waals surface area contributed by atoms with E-state index in [0.29, 0.717) is 8.39 Å². The van der Waals surface area contributed by atoms with Crippen molar-refractivity contribution in [1.29, 1.82) is 10.5 Å². The van der Waals surface area contributed by atoms with Gasteiger partial charge in [0, 0.05) is 0 Å². The smallest absolute Gasteiger partial charge is 0.102 e. The topological polar surface area (TPSA) is 47.6 Å². The molecular formula is C16H16N2S4. The molecule has 114 valence electrons. The molecule has 0 fully saturated rings. The van der Waals surface area contributed by atoms with Gasteiger partial charge in [0.25, 0.3) is 0 Å². The Bertz CT molecular complexity index is 602. The van der Waals surface area contributed by atoms with Crippen LogP contribution < -0.4 is 0 Å². The number of thiocarbonyl (C=S) groups is 2. The average molecular weight is 365 g/mol. The highest BCUT2D eigenvalue weighted by Gasteiger charge is 2.22. The molecule has 6 heteroatoms. The second-order valence-electron chi connectivity index (χ2n) is 5.60. The SMILES string of the molecule is CC(C)(C#N)SC(=S)c1ccc(C(=S)SC(C)(C)C#N)cc1. The summed E-state index contributed by atoms with van der Waals surface area (Å²) in [6.45, 7) is 7.37. The molecule has 0 bridgehead atoms. The van der Waals surface area contributed by atoms with Crippen LogP contribution in [-0.2, 0) is 0 Å². The van der Waals surface area contributed by atoms with Gasteiger partial charge in [-0.2, -0.15) is 10.5 Å². The van der Waals surface area contributed by atoms with E-state index in [1.54, 1.807) is 0 Å². The van der Waals surface area contributed by atoms with Crippen LogP contribution in [0.25, 0.3) is 0 Å². The van der Waals surface area contributed by atoms with Gasteiger partial charge in [0.05, 0.1) is 20.5 Å². The van der Waals surface area contributed by atoms with Crippen LogP contribution in [0.2, 0.25) is 0 Å². The molecule has 2 nitrogen and oxygen atoms in total. The van der Waals surface area contributed by atoms with Crippen LogP contribution in [-0.4, -0.2) is 17.9 Å². The molecule has 0 radical (unpaired) electrons. The van der Waals surface area contributed by atoms with Gasteiger partial charge in [0.2, 0.25) is 0 Å². The Morgan fingerprint density at radius 3 is 1.32 bits per heavy atom. The summed E-state index contributed by atoms with van der Waals surface area (Å²) in [5, 5.41) is 18.1. The standard InChI is InChI=1S/C16H16N2S4/c1-15(2,9-17)21-13(19)11-5-7-12(8-6-11)14(20)22-16(3,4)10-18/h5-8H,1-4H3. The summed E-state index contributed by atoms with van der Waals surface area (Å²) in [6.07, 6.45) is 0. The van der Waals surface area contributed by atoms with E-state index in [9.17, 15) is 0 Å². The second-order valence-corrected chi connectivity index (χ2v) is 10.2. The van der Waals surface area contributed by atoms with Crippen LogP contribution in [0, 0.1) is 22.7 Å². The van der Waals surface area contributed by atoms with E-state index in [1.165, 1.54) is 23.5 Å². The zero-order valence-electron chi connectivity index (χ0n) is 12.8. The minimum absolute atomic E-state index is 0.544. The molecule has 0 aliphatic rings. The Morgan fingerprint density at radius 2 is 1.09 bits per heavy atom. The fourth-order valence-corrected chi connectivity index (χ4v) is 4.42. The third-order valence-electron chi connectivity index (χ3n) is 2.59. The molecule has 0 unspecified atom stereocenters. The van der Waals surface area contributed by atoms with E-state index in [4.69, 9.17) is 35.0 Å². The van der Waals surface area contributed by atoms with Crippen molar-refractivity contribution >= 4 is 56.4 Å². The summed E-state index contributed by atoms with van der Waals surface area (Å²) in [4.78, 5) is 0. The molecule has 0 spiro atoms. The van der Waals surface area contributed by atoms with E-state index in [1.807, 2.05) is 52.0 Å². The lowest BCUT2D eigenvalue weighted by Crippen LogP contribution is -2.15. The van der Waals surface area contributed by atoms with Gasteiger partial charge in [-0.15, -0.1) is 0 Å². The summed E-state index contributed by atoms with van der Waals surface area (Å²) in [6, 6.07) is 12.1. The number of thioether (sulfide) groups is 2. The van der Waals surface area contributed by atoms with Crippen LogP contribution in [0.3, 0.4) is 0 Å². The summed E-state index contributed by atoms with van der Waals surface area (Å²) in [7, 11) is 0. The number of benzene rings is 1. The molecule has 0 heterocycles. The number of hydrogen-bond donors (Lipinski definition) is 0. The summed E-state index contributed by atoms with van der Waals surface area (Å²) in [5.74, 6) is 0. The Hall–Kier alpha value is -0.920. The highest BCUT2D eigenvalue weighted by atomic mass is 32.2. The molecule has 22 heavy (non-hydrogen) atoms. The van der Waals surface area contributed by atoms with E-state index < -0.39 is 9.49 Å². The van der Waals surface area contributed by atoms with Gasteiger partial charge in [0.1, 0.15) is 9.49 Å². The minimum Gasteiger partial charge on any atom is -0.197 e. The molecule has 0 aliphatic heterocycles. The zero-order chi connectivity index (χ0) is 17.0. The normalized spacial score (nSPS) is 11.4. The molecule has 0 aromatic heterocycles. The molecule has 1 rings (SSSR count). The zero-order valence-corrected chi connectivity index (χ0v) is 16.1. The second kappa shape index (κ2) is 7.57. The lowest BCUT2D eigenvalue weighted by atomic mass is 10.2. The highest BCUT2D eigenvalue weighted by molar-refractivity contribution is 8.25. The largest absolute Gasteiger partial charge is 0.197 e. The van der Waals surface area contributed by atoms with Gasteiger partial charge in [-0.05, 0) is 38.8 Å². The fourth-order valence-electron chi connectivity index (χ4n) is 1.37. The minimum atomic E-state index is -0.544. The Morgan fingerprint density at radius 1 is 0.818 bits per heavy atom.